The van der Waals surface area contributed by atoms with Crippen molar-refractivity contribution < 1.29 is 9.53 Å². The summed E-state index contributed by atoms with van der Waals surface area (Å²) in [5, 5.41) is 5.69. The molecule has 20 heavy (non-hydrogen) atoms. The molecular formula is C15H20N2O2S. The van der Waals surface area contributed by atoms with Crippen LogP contribution < -0.4 is 5.32 Å². The van der Waals surface area contributed by atoms with Gasteiger partial charge in [-0.15, -0.1) is 11.3 Å². The van der Waals surface area contributed by atoms with Gasteiger partial charge in [0.25, 0.3) is 0 Å². The van der Waals surface area contributed by atoms with Gasteiger partial charge in [0.15, 0.2) is 0 Å². The SMILES string of the molecule is CC1CC(N2C(=O)C3(CC3)NC2c2cccs2)CCO1. The minimum atomic E-state index is -0.240. The zero-order valence-electron chi connectivity index (χ0n) is 11.7. The molecule has 3 fully saturated rings. The first-order valence-corrected chi connectivity index (χ1v) is 8.33. The molecule has 5 heteroatoms. The summed E-state index contributed by atoms with van der Waals surface area (Å²) in [5.74, 6) is 0.315. The first-order valence-electron chi connectivity index (χ1n) is 7.45. The molecule has 1 aliphatic carbocycles. The van der Waals surface area contributed by atoms with Crippen LogP contribution in [-0.2, 0) is 9.53 Å². The molecule has 3 atom stereocenters. The van der Waals surface area contributed by atoms with Gasteiger partial charge in [0, 0.05) is 17.5 Å². The first-order chi connectivity index (χ1) is 9.70. The van der Waals surface area contributed by atoms with Crippen LogP contribution in [0.15, 0.2) is 17.5 Å². The van der Waals surface area contributed by atoms with Crippen LogP contribution in [-0.4, -0.2) is 35.1 Å². The summed E-state index contributed by atoms with van der Waals surface area (Å²) in [6.45, 7) is 2.87. The van der Waals surface area contributed by atoms with E-state index in [4.69, 9.17) is 4.74 Å². The van der Waals surface area contributed by atoms with Crippen molar-refractivity contribution in [1.29, 1.82) is 0 Å². The number of ether oxygens (including phenoxy) is 1. The topological polar surface area (TPSA) is 41.6 Å². The molecule has 0 bridgehead atoms. The van der Waals surface area contributed by atoms with Crippen LogP contribution in [0.5, 0.6) is 0 Å². The Bertz CT molecular complexity index is 512. The van der Waals surface area contributed by atoms with E-state index in [1.54, 1.807) is 11.3 Å². The number of thiophene rings is 1. The Morgan fingerprint density at radius 2 is 2.35 bits per heavy atom. The Hall–Kier alpha value is -0.910. The second-order valence-electron chi connectivity index (χ2n) is 6.22. The molecule has 2 aliphatic heterocycles. The zero-order valence-corrected chi connectivity index (χ0v) is 12.5. The van der Waals surface area contributed by atoms with Gasteiger partial charge in [-0.3, -0.25) is 10.1 Å². The summed E-state index contributed by atoms with van der Waals surface area (Å²) >= 11 is 1.73. The van der Waals surface area contributed by atoms with Gasteiger partial charge in [-0.1, -0.05) is 6.07 Å². The van der Waals surface area contributed by atoms with Gasteiger partial charge in [-0.05, 0) is 44.1 Å². The number of carbonyl (C=O) groups is 1. The monoisotopic (exact) mass is 292 g/mol. The van der Waals surface area contributed by atoms with E-state index in [9.17, 15) is 4.79 Å². The van der Waals surface area contributed by atoms with Gasteiger partial charge in [0.1, 0.15) is 11.7 Å². The van der Waals surface area contributed by atoms with Crippen molar-refractivity contribution in [3.63, 3.8) is 0 Å². The van der Waals surface area contributed by atoms with E-state index >= 15 is 0 Å². The molecule has 1 aromatic rings. The normalized spacial score (nSPS) is 35.8. The summed E-state index contributed by atoms with van der Waals surface area (Å²) in [4.78, 5) is 16.2. The number of hydrogen-bond acceptors (Lipinski definition) is 4. The van der Waals surface area contributed by atoms with E-state index in [-0.39, 0.29) is 17.8 Å². The van der Waals surface area contributed by atoms with Gasteiger partial charge < -0.3 is 9.64 Å². The molecule has 1 amide bonds. The molecule has 4 nitrogen and oxygen atoms in total. The predicted molar refractivity (Wildman–Crippen MR) is 77.4 cm³/mol. The summed E-state index contributed by atoms with van der Waals surface area (Å²) in [6, 6.07) is 4.51. The summed E-state index contributed by atoms with van der Waals surface area (Å²) in [7, 11) is 0. The van der Waals surface area contributed by atoms with Crippen molar-refractivity contribution in [3.8, 4) is 0 Å². The maximum atomic E-state index is 12.8. The molecular weight excluding hydrogens is 272 g/mol. The Balaban J connectivity index is 1.65. The lowest BCUT2D eigenvalue weighted by Gasteiger charge is -2.37. The van der Waals surface area contributed by atoms with E-state index in [0.29, 0.717) is 11.9 Å². The average molecular weight is 292 g/mol. The van der Waals surface area contributed by atoms with Gasteiger partial charge in [0.05, 0.1) is 6.10 Å². The number of amides is 1. The van der Waals surface area contributed by atoms with Crippen LogP contribution in [0.4, 0.5) is 0 Å². The molecule has 1 saturated carbocycles. The smallest absolute Gasteiger partial charge is 0.244 e. The van der Waals surface area contributed by atoms with Crippen molar-refractivity contribution in [3.05, 3.63) is 22.4 Å². The van der Waals surface area contributed by atoms with E-state index in [2.05, 4.69) is 34.7 Å². The fraction of sp³-hybridized carbons (Fsp3) is 0.667. The maximum absolute atomic E-state index is 12.8. The van der Waals surface area contributed by atoms with Crippen molar-refractivity contribution in [2.75, 3.05) is 6.61 Å². The highest BCUT2D eigenvalue weighted by Gasteiger charge is 2.60. The molecule has 1 spiro atoms. The van der Waals surface area contributed by atoms with Crippen LogP contribution in [0, 0.1) is 0 Å². The molecule has 3 unspecified atom stereocenters. The number of carbonyl (C=O) groups excluding carboxylic acids is 1. The van der Waals surface area contributed by atoms with Crippen LogP contribution in [0.2, 0.25) is 0 Å². The quantitative estimate of drug-likeness (QED) is 0.909. The van der Waals surface area contributed by atoms with Crippen LogP contribution in [0.1, 0.15) is 43.6 Å². The summed E-state index contributed by atoms with van der Waals surface area (Å²) in [6.07, 6.45) is 4.20. The Kier molecular flexibility index (Phi) is 2.91. The lowest BCUT2D eigenvalue weighted by molar-refractivity contribution is -0.136. The minimum Gasteiger partial charge on any atom is -0.378 e. The lowest BCUT2D eigenvalue weighted by atomic mass is 10.0. The van der Waals surface area contributed by atoms with Gasteiger partial charge in [-0.2, -0.15) is 0 Å². The molecule has 0 aromatic carbocycles. The largest absolute Gasteiger partial charge is 0.378 e. The first kappa shape index (κ1) is 12.8. The van der Waals surface area contributed by atoms with Crippen LogP contribution in [0.3, 0.4) is 0 Å². The highest BCUT2D eigenvalue weighted by molar-refractivity contribution is 7.10. The molecule has 3 aliphatic rings. The van der Waals surface area contributed by atoms with E-state index in [1.165, 1.54) is 4.88 Å². The second-order valence-corrected chi connectivity index (χ2v) is 7.20. The third-order valence-corrected chi connectivity index (χ3v) is 5.67. The summed E-state index contributed by atoms with van der Waals surface area (Å²) < 4.78 is 5.64. The lowest BCUT2D eigenvalue weighted by Crippen LogP contribution is -2.45. The van der Waals surface area contributed by atoms with Crippen molar-refractivity contribution in [2.45, 2.75) is 56.5 Å². The third-order valence-electron chi connectivity index (χ3n) is 4.75. The molecule has 108 valence electrons. The Morgan fingerprint density at radius 3 is 3.00 bits per heavy atom. The molecule has 3 heterocycles. The van der Waals surface area contributed by atoms with Crippen molar-refractivity contribution >= 4 is 17.2 Å². The zero-order chi connectivity index (χ0) is 13.7. The number of hydrogen-bond donors (Lipinski definition) is 1. The fourth-order valence-electron chi connectivity index (χ4n) is 3.50. The maximum Gasteiger partial charge on any atom is 0.244 e. The number of nitrogens with zero attached hydrogens (tertiary/aromatic N) is 1. The minimum absolute atomic E-state index is 0.0697. The molecule has 0 radical (unpaired) electrons. The molecule has 1 aromatic heterocycles. The standard InChI is InChI=1S/C15H20N2O2S/c1-10-9-11(4-7-19-10)17-13(12-3-2-8-20-12)16-15(5-6-15)14(17)18/h2-3,8,10-11,13,16H,4-7,9H2,1H3. The van der Waals surface area contributed by atoms with Crippen LogP contribution in [0.25, 0.3) is 0 Å². The van der Waals surface area contributed by atoms with Crippen molar-refractivity contribution in [2.24, 2.45) is 0 Å². The highest BCUT2D eigenvalue weighted by Crippen LogP contribution is 2.48. The highest BCUT2D eigenvalue weighted by atomic mass is 32.1. The second kappa shape index (κ2) is 4.55. The molecule has 1 N–H and O–H groups in total. The number of nitrogens with one attached hydrogen (secondary N) is 1. The molecule has 4 rings (SSSR count). The number of rotatable bonds is 2. The average Bonchev–Trinajstić information content (AvgIpc) is 2.91. The van der Waals surface area contributed by atoms with Gasteiger partial charge in [0.2, 0.25) is 5.91 Å². The third kappa shape index (κ3) is 1.91. The fourth-order valence-corrected chi connectivity index (χ4v) is 4.27. The van der Waals surface area contributed by atoms with E-state index < -0.39 is 0 Å². The summed E-state index contributed by atoms with van der Waals surface area (Å²) in [5.41, 5.74) is -0.240. The van der Waals surface area contributed by atoms with Gasteiger partial charge >= 0.3 is 0 Å². The van der Waals surface area contributed by atoms with E-state index in [0.717, 1.165) is 32.3 Å². The van der Waals surface area contributed by atoms with Gasteiger partial charge in [-0.25, -0.2) is 0 Å². The predicted octanol–water partition coefficient (Wildman–Crippen LogP) is 2.28. The van der Waals surface area contributed by atoms with Crippen molar-refractivity contribution in [1.82, 2.24) is 10.2 Å². The molecule has 2 saturated heterocycles. The van der Waals surface area contributed by atoms with E-state index in [1.807, 2.05) is 0 Å². The Morgan fingerprint density at radius 1 is 1.50 bits per heavy atom. The Labute approximate surface area is 123 Å². The van der Waals surface area contributed by atoms with Crippen LogP contribution >= 0.6 is 11.3 Å².